The smallest absolute Gasteiger partial charge is 0.234 e. The summed E-state index contributed by atoms with van der Waals surface area (Å²) in [5, 5.41) is 7.28. The molecule has 4 aromatic rings. The molecule has 0 spiro atoms. The Labute approximate surface area is 267 Å². The lowest BCUT2D eigenvalue weighted by Gasteiger charge is -2.31. The predicted octanol–water partition coefficient (Wildman–Crippen LogP) is 7.49. The average Bonchev–Trinajstić information content (AvgIpc) is 2.98. The SMILES string of the molecule is CN(C)c1nc(N[C@H]2CC[C@@H](NC(=O)C(CC(=O)c3ccc(Br)cc3)Sc3ccc(Br)cc3)CC2)nc2ccccc12. The van der Waals surface area contributed by atoms with Crippen LogP contribution in [0.4, 0.5) is 11.8 Å². The van der Waals surface area contributed by atoms with Crippen molar-refractivity contribution in [3.63, 3.8) is 0 Å². The molecule has 0 bridgehead atoms. The standard InChI is InChI=1S/C32H33Br2N5O2S/c1-39(2)30-26-5-3-4-6-27(26)37-32(38-30)36-24-15-13-23(14-16-24)35-31(41)29(42-25-17-11-22(34)12-18-25)19-28(40)20-7-9-21(33)10-8-20/h3-12,17-18,23-24,29H,13-16,19H2,1-2H3,(H,35,41)(H,36,37,38)/t23-,24+,29?. The van der Waals surface area contributed by atoms with Crippen molar-refractivity contribution >= 4 is 78.0 Å². The number of amides is 1. The highest BCUT2D eigenvalue weighted by Gasteiger charge is 2.29. The number of carbonyl (C=O) groups is 2. The van der Waals surface area contributed by atoms with Gasteiger partial charge in [-0.2, -0.15) is 4.98 Å². The van der Waals surface area contributed by atoms with E-state index in [1.54, 1.807) is 12.1 Å². The number of halogens is 2. The zero-order valence-corrected chi connectivity index (χ0v) is 27.5. The second kappa shape index (κ2) is 14.0. The number of hydrogen-bond acceptors (Lipinski definition) is 7. The number of para-hydroxylation sites is 1. The maximum absolute atomic E-state index is 13.6. The number of anilines is 2. The number of thioether (sulfide) groups is 1. The van der Waals surface area contributed by atoms with Crippen molar-refractivity contribution in [2.24, 2.45) is 0 Å². The van der Waals surface area contributed by atoms with E-state index < -0.39 is 5.25 Å². The fraction of sp³-hybridized carbons (Fsp3) is 0.312. The van der Waals surface area contributed by atoms with E-state index in [0.717, 1.165) is 56.2 Å². The minimum atomic E-state index is -0.534. The van der Waals surface area contributed by atoms with Crippen LogP contribution in [-0.2, 0) is 4.79 Å². The number of hydrogen-bond donors (Lipinski definition) is 2. The van der Waals surface area contributed by atoms with Crippen molar-refractivity contribution in [2.45, 2.75) is 54.3 Å². The van der Waals surface area contributed by atoms with Crippen molar-refractivity contribution in [3.05, 3.63) is 87.3 Å². The van der Waals surface area contributed by atoms with Crippen molar-refractivity contribution in [2.75, 3.05) is 24.3 Å². The molecule has 0 radical (unpaired) electrons. The monoisotopic (exact) mass is 709 g/mol. The van der Waals surface area contributed by atoms with Crippen LogP contribution in [0.2, 0.25) is 0 Å². The number of aromatic nitrogens is 2. The van der Waals surface area contributed by atoms with Gasteiger partial charge in [0, 0.05) is 57.4 Å². The van der Waals surface area contributed by atoms with E-state index in [-0.39, 0.29) is 30.2 Å². The molecule has 1 heterocycles. The third kappa shape index (κ3) is 7.90. The molecule has 1 fully saturated rings. The molecule has 218 valence electrons. The first-order valence-electron chi connectivity index (χ1n) is 14.0. The molecule has 0 saturated heterocycles. The van der Waals surface area contributed by atoms with Crippen LogP contribution < -0.4 is 15.5 Å². The van der Waals surface area contributed by atoms with E-state index in [9.17, 15) is 9.59 Å². The molecule has 1 amide bonds. The third-order valence-corrected chi connectivity index (χ3v) is 9.60. The number of carbonyl (C=O) groups excluding carboxylic acids is 2. The molecule has 10 heteroatoms. The van der Waals surface area contributed by atoms with Gasteiger partial charge in [-0.25, -0.2) is 4.98 Å². The zero-order valence-electron chi connectivity index (χ0n) is 23.5. The van der Waals surface area contributed by atoms with Crippen LogP contribution in [0.5, 0.6) is 0 Å². The molecular weight excluding hydrogens is 678 g/mol. The van der Waals surface area contributed by atoms with Gasteiger partial charge >= 0.3 is 0 Å². The van der Waals surface area contributed by atoms with Crippen LogP contribution in [0.25, 0.3) is 10.9 Å². The molecular formula is C32H33Br2N5O2S. The molecule has 5 rings (SSSR count). The Kier molecular flexibility index (Phi) is 10.2. The first kappa shape index (κ1) is 30.5. The van der Waals surface area contributed by atoms with Gasteiger partial charge in [0.05, 0.1) is 10.8 Å². The number of rotatable bonds is 10. The zero-order chi connectivity index (χ0) is 29.6. The Bertz CT molecular complexity index is 1540. The molecule has 1 atom stereocenters. The number of Topliss-reactive ketones (excluding diaryl/α,β-unsaturated/α-hetero) is 1. The van der Waals surface area contributed by atoms with Crippen LogP contribution >= 0.6 is 43.6 Å². The Morgan fingerprint density at radius 1 is 0.881 bits per heavy atom. The minimum absolute atomic E-state index is 0.0485. The Morgan fingerprint density at radius 3 is 2.17 bits per heavy atom. The second-order valence-corrected chi connectivity index (χ2v) is 13.8. The van der Waals surface area contributed by atoms with Crippen molar-refractivity contribution < 1.29 is 9.59 Å². The molecule has 1 unspecified atom stereocenters. The summed E-state index contributed by atoms with van der Waals surface area (Å²) < 4.78 is 1.88. The minimum Gasteiger partial charge on any atom is -0.362 e. The molecule has 42 heavy (non-hydrogen) atoms. The Balaban J connectivity index is 1.21. The number of nitrogens with one attached hydrogen (secondary N) is 2. The van der Waals surface area contributed by atoms with Gasteiger partial charge in [0.25, 0.3) is 0 Å². The van der Waals surface area contributed by atoms with Gasteiger partial charge in [-0.15, -0.1) is 11.8 Å². The molecule has 3 aromatic carbocycles. The number of fused-ring (bicyclic) bond motifs is 1. The lowest BCUT2D eigenvalue weighted by Crippen LogP contribution is -2.44. The van der Waals surface area contributed by atoms with E-state index in [1.807, 2.05) is 79.7 Å². The van der Waals surface area contributed by atoms with Crippen LogP contribution in [0.3, 0.4) is 0 Å². The highest BCUT2D eigenvalue weighted by Crippen LogP contribution is 2.30. The maximum atomic E-state index is 13.6. The van der Waals surface area contributed by atoms with E-state index in [4.69, 9.17) is 9.97 Å². The lowest BCUT2D eigenvalue weighted by atomic mass is 9.91. The van der Waals surface area contributed by atoms with Gasteiger partial charge in [0.1, 0.15) is 5.82 Å². The summed E-state index contributed by atoms with van der Waals surface area (Å²) in [4.78, 5) is 39.2. The summed E-state index contributed by atoms with van der Waals surface area (Å²) in [6.45, 7) is 0. The Morgan fingerprint density at radius 2 is 1.50 bits per heavy atom. The normalized spacial score (nSPS) is 17.4. The summed E-state index contributed by atoms with van der Waals surface area (Å²) in [5.74, 6) is 1.37. The molecule has 1 aliphatic rings. The molecule has 2 N–H and O–H groups in total. The van der Waals surface area contributed by atoms with Gasteiger partial charge in [-0.3, -0.25) is 9.59 Å². The molecule has 1 aliphatic carbocycles. The van der Waals surface area contributed by atoms with Gasteiger partial charge in [-0.05, 0) is 74.2 Å². The van der Waals surface area contributed by atoms with Crippen molar-refractivity contribution in [3.8, 4) is 0 Å². The molecule has 7 nitrogen and oxygen atoms in total. The molecule has 1 aromatic heterocycles. The number of benzene rings is 3. The van der Waals surface area contributed by atoms with Crippen LogP contribution in [-0.4, -0.2) is 53.1 Å². The van der Waals surface area contributed by atoms with Gasteiger partial charge in [0.2, 0.25) is 11.9 Å². The summed E-state index contributed by atoms with van der Waals surface area (Å²) in [6.07, 6.45) is 3.59. The van der Waals surface area contributed by atoms with Crippen LogP contribution in [0.15, 0.2) is 86.6 Å². The largest absolute Gasteiger partial charge is 0.362 e. The first-order chi connectivity index (χ1) is 20.2. The summed E-state index contributed by atoms with van der Waals surface area (Å²) in [5.41, 5.74) is 1.51. The van der Waals surface area contributed by atoms with E-state index >= 15 is 0 Å². The van der Waals surface area contributed by atoms with Gasteiger partial charge in [-0.1, -0.05) is 56.1 Å². The highest BCUT2D eigenvalue weighted by atomic mass is 79.9. The third-order valence-electron chi connectivity index (χ3n) is 7.33. The van der Waals surface area contributed by atoms with E-state index in [2.05, 4.69) is 42.5 Å². The summed E-state index contributed by atoms with van der Waals surface area (Å²) >= 11 is 8.32. The number of ketones is 1. The molecule has 0 aliphatic heterocycles. The summed E-state index contributed by atoms with van der Waals surface area (Å²) in [6, 6.07) is 23.4. The highest BCUT2D eigenvalue weighted by molar-refractivity contribution is 9.10. The maximum Gasteiger partial charge on any atom is 0.234 e. The average molecular weight is 712 g/mol. The quantitative estimate of drug-likeness (QED) is 0.130. The topological polar surface area (TPSA) is 87.2 Å². The van der Waals surface area contributed by atoms with Crippen molar-refractivity contribution in [1.82, 2.24) is 15.3 Å². The lowest BCUT2D eigenvalue weighted by molar-refractivity contribution is -0.121. The van der Waals surface area contributed by atoms with Gasteiger partial charge < -0.3 is 15.5 Å². The summed E-state index contributed by atoms with van der Waals surface area (Å²) in [7, 11) is 3.97. The molecule has 1 saturated carbocycles. The van der Waals surface area contributed by atoms with Gasteiger partial charge in [0.15, 0.2) is 5.78 Å². The van der Waals surface area contributed by atoms with Crippen molar-refractivity contribution in [1.29, 1.82) is 0 Å². The van der Waals surface area contributed by atoms with E-state index in [0.29, 0.717) is 11.5 Å². The number of nitrogens with zero attached hydrogens (tertiary/aromatic N) is 3. The fourth-order valence-electron chi connectivity index (χ4n) is 5.11. The van der Waals surface area contributed by atoms with Crippen LogP contribution in [0, 0.1) is 0 Å². The van der Waals surface area contributed by atoms with Crippen LogP contribution in [0.1, 0.15) is 42.5 Å². The predicted molar refractivity (Wildman–Crippen MR) is 179 cm³/mol. The fourth-order valence-corrected chi connectivity index (χ4v) is 6.67. The first-order valence-corrected chi connectivity index (χ1v) is 16.4. The Hall–Kier alpha value is -2.95. The van der Waals surface area contributed by atoms with E-state index in [1.165, 1.54) is 11.8 Å². The second-order valence-electron chi connectivity index (χ2n) is 10.7.